The predicted octanol–water partition coefficient (Wildman–Crippen LogP) is 2.28. The van der Waals surface area contributed by atoms with E-state index in [4.69, 9.17) is 5.73 Å². The molecule has 0 bridgehead atoms. The quantitative estimate of drug-likeness (QED) is 0.851. The van der Waals surface area contributed by atoms with Crippen LogP contribution in [0.3, 0.4) is 0 Å². The van der Waals surface area contributed by atoms with Crippen LogP contribution < -0.4 is 5.73 Å². The minimum atomic E-state index is -0.0436. The van der Waals surface area contributed by atoms with Crippen molar-refractivity contribution in [2.24, 2.45) is 5.73 Å². The zero-order chi connectivity index (χ0) is 11.4. The van der Waals surface area contributed by atoms with Gasteiger partial charge in [-0.25, -0.2) is 0 Å². The number of aromatic nitrogens is 2. The maximum absolute atomic E-state index is 6.20. The molecule has 0 saturated carbocycles. The predicted molar refractivity (Wildman–Crippen MR) is 63.8 cm³/mol. The van der Waals surface area contributed by atoms with E-state index in [1.165, 1.54) is 0 Å². The standard InChI is InChI=1S/C13H15N3/c1-10(12-4-2-3-7-16-12)13(14)11-5-8-15-9-6-11/h2-10,13H,14H2,1H3. The summed E-state index contributed by atoms with van der Waals surface area (Å²) in [5.74, 6) is 0.198. The van der Waals surface area contributed by atoms with E-state index in [2.05, 4.69) is 16.9 Å². The van der Waals surface area contributed by atoms with Gasteiger partial charge < -0.3 is 5.73 Å². The molecule has 0 fully saturated rings. The summed E-state index contributed by atoms with van der Waals surface area (Å²) >= 11 is 0. The molecule has 0 radical (unpaired) electrons. The monoisotopic (exact) mass is 213 g/mol. The van der Waals surface area contributed by atoms with E-state index in [9.17, 15) is 0 Å². The Kier molecular flexibility index (Phi) is 3.27. The maximum atomic E-state index is 6.20. The van der Waals surface area contributed by atoms with Crippen molar-refractivity contribution in [1.29, 1.82) is 0 Å². The van der Waals surface area contributed by atoms with Gasteiger partial charge >= 0.3 is 0 Å². The molecular weight excluding hydrogens is 198 g/mol. The number of pyridine rings is 2. The molecule has 0 aliphatic rings. The molecule has 0 saturated heterocycles. The molecule has 2 N–H and O–H groups in total. The van der Waals surface area contributed by atoms with Gasteiger partial charge in [-0.1, -0.05) is 13.0 Å². The lowest BCUT2D eigenvalue weighted by molar-refractivity contribution is 0.583. The number of nitrogens with zero attached hydrogens (tertiary/aromatic N) is 2. The fourth-order valence-corrected chi connectivity index (χ4v) is 1.70. The van der Waals surface area contributed by atoms with Gasteiger partial charge in [-0.2, -0.15) is 0 Å². The zero-order valence-corrected chi connectivity index (χ0v) is 9.25. The first-order chi connectivity index (χ1) is 7.79. The molecule has 3 heteroatoms. The molecule has 2 aromatic rings. The lowest BCUT2D eigenvalue weighted by atomic mass is 9.93. The first kappa shape index (κ1) is 10.8. The summed E-state index contributed by atoms with van der Waals surface area (Å²) in [5.41, 5.74) is 8.31. The van der Waals surface area contributed by atoms with Crippen molar-refractivity contribution in [3.05, 3.63) is 60.2 Å². The van der Waals surface area contributed by atoms with Crippen LogP contribution in [0.1, 0.15) is 30.1 Å². The third kappa shape index (κ3) is 2.25. The van der Waals surface area contributed by atoms with Crippen LogP contribution in [-0.4, -0.2) is 9.97 Å². The van der Waals surface area contributed by atoms with Gasteiger partial charge in [-0.3, -0.25) is 9.97 Å². The van der Waals surface area contributed by atoms with E-state index >= 15 is 0 Å². The normalized spacial score (nSPS) is 14.4. The van der Waals surface area contributed by atoms with Gasteiger partial charge in [0.2, 0.25) is 0 Å². The smallest absolute Gasteiger partial charge is 0.0450 e. The molecule has 0 spiro atoms. The molecular formula is C13H15N3. The fraction of sp³-hybridized carbons (Fsp3) is 0.231. The van der Waals surface area contributed by atoms with Crippen LogP contribution in [-0.2, 0) is 0 Å². The maximum Gasteiger partial charge on any atom is 0.0450 e. The van der Waals surface area contributed by atoms with Gasteiger partial charge in [0.05, 0.1) is 0 Å². The molecule has 0 aliphatic heterocycles. The molecule has 2 atom stereocenters. The Labute approximate surface area is 95.4 Å². The second-order valence-electron chi connectivity index (χ2n) is 3.85. The minimum absolute atomic E-state index is 0.0436. The SMILES string of the molecule is CC(c1ccccn1)C(N)c1ccncc1. The zero-order valence-electron chi connectivity index (χ0n) is 9.25. The topological polar surface area (TPSA) is 51.8 Å². The molecule has 2 aromatic heterocycles. The number of hydrogen-bond donors (Lipinski definition) is 1. The molecule has 3 nitrogen and oxygen atoms in total. The average Bonchev–Trinajstić information content (AvgIpc) is 2.39. The van der Waals surface area contributed by atoms with Crippen LogP contribution >= 0.6 is 0 Å². The third-order valence-electron chi connectivity index (χ3n) is 2.78. The summed E-state index contributed by atoms with van der Waals surface area (Å²) in [6, 6.07) is 9.75. The number of hydrogen-bond acceptors (Lipinski definition) is 3. The van der Waals surface area contributed by atoms with Gasteiger partial charge in [0.1, 0.15) is 0 Å². The molecule has 2 heterocycles. The molecule has 0 amide bonds. The molecule has 0 aromatic carbocycles. The van der Waals surface area contributed by atoms with Gasteiger partial charge in [0.15, 0.2) is 0 Å². The molecule has 16 heavy (non-hydrogen) atoms. The lowest BCUT2D eigenvalue weighted by Crippen LogP contribution is -2.18. The van der Waals surface area contributed by atoms with Crippen molar-refractivity contribution >= 4 is 0 Å². The second-order valence-corrected chi connectivity index (χ2v) is 3.85. The van der Waals surface area contributed by atoms with Crippen LogP contribution in [0, 0.1) is 0 Å². The molecule has 82 valence electrons. The van der Waals surface area contributed by atoms with Gasteiger partial charge in [0, 0.05) is 36.2 Å². The van der Waals surface area contributed by atoms with Gasteiger partial charge in [0.25, 0.3) is 0 Å². The Hall–Kier alpha value is -1.74. The Balaban J connectivity index is 2.20. The van der Waals surface area contributed by atoms with E-state index in [1.807, 2.05) is 30.3 Å². The summed E-state index contributed by atoms with van der Waals surface area (Å²) in [4.78, 5) is 8.32. The molecule has 2 unspecified atom stereocenters. The number of nitrogens with two attached hydrogens (primary N) is 1. The second kappa shape index (κ2) is 4.86. The van der Waals surface area contributed by atoms with E-state index in [0.717, 1.165) is 11.3 Å². The largest absolute Gasteiger partial charge is 0.323 e. The van der Waals surface area contributed by atoms with Crippen LogP contribution in [0.2, 0.25) is 0 Å². The lowest BCUT2D eigenvalue weighted by Gasteiger charge is -2.19. The molecule has 2 rings (SSSR count). The highest BCUT2D eigenvalue weighted by molar-refractivity contribution is 5.21. The highest BCUT2D eigenvalue weighted by Crippen LogP contribution is 2.26. The van der Waals surface area contributed by atoms with E-state index in [0.29, 0.717) is 0 Å². The van der Waals surface area contributed by atoms with Crippen molar-refractivity contribution in [2.45, 2.75) is 18.9 Å². The number of rotatable bonds is 3. The minimum Gasteiger partial charge on any atom is -0.323 e. The van der Waals surface area contributed by atoms with Crippen LogP contribution in [0.25, 0.3) is 0 Å². The first-order valence-corrected chi connectivity index (χ1v) is 5.35. The van der Waals surface area contributed by atoms with E-state index in [1.54, 1.807) is 18.6 Å². The Bertz CT molecular complexity index is 384. The summed E-state index contributed by atoms with van der Waals surface area (Å²) < 4.78 is 0. The van der Waals surface area contributed by atoms with Gasteiger partial charge in [-0.15, -0.1) is 0 Å². The Morgan fingerprint density at radius 1 is 1.06 bits per heavy atom. The van der Waals surface area contributed by atoms with Crippen molar-refractivity contribution in [1.82, 2.24) is 9.97 Å². The van der Waals surface area contributed by atoms with Crippen molar-refractivity contribution in [2.75, 3.05) is 0 Å². The average molecular weight is 213 g/mol. The third-order valence-corrected chi connectivity index (χ3v) is 2.78. The fourth-order valence-electron chi connectivity index (χ4n) is 1.70. The molecule has 0 aliphatic carbocycles. The van der Waals surface area contributed by atoms with Crippen LogP contribution in [0.5, 0.6) is 0 Å². The Morgan fingerprint density at radius 3 is 2.44 bits per heavy atom. The van der Waals surface area contributed by atoms with Crippen molar-refractivity contribution in [3.8, 4) is 0 Å². The summed E-state index contributed by atoms with van der Waals surface area (Å²) in [7, 11) is 0. The van der Waals surface area contributed by atoms with Gasteiger partial charge in [-0.05, 0) is 29.8 Å². The summed E-state index contributed by atoms with van der Waals surface area (Å²) in [5, 5.41) is 0. The Morgan fingerprint density at radius 2 is 1.81 bits per heavy atom. The summed E-state index contributed by atoms with van der Waals surface area (Å²) in [6.45, 7) is 2.09. The highest BCUT2D eigenvalue weighted by Gasteiger charge is 2.17. The van der Waals surface area contributed by atoms with Crippen molar-refractivity contribution < 1.29 is 0 Å². The highest BCUT2D eigenvalue weighted by atomic mass is 14.7. The van der Waals surface area contributed by atoms with Crippen LogP contribution in [0.4, 0.5) is 0 Å². The van der Waals surface area contributed by atoms with E-state index in [-0.39, 0.29) is 12.0 Å². The summed E-state index contributed by atoms with van der Waals surface area (Å²) in [6.07, 6.45) is 5.33. The first-order valence-electron chi connectivity index (χ1n) is 5.35. The van der Waals surface area contributed by atoms with Crippen molar-refractivity contribution in [3.63, 3.8) is 0 Å². The van der Waals surface area contributed by atoms with E-state index < -0.39 is 0 Å². The van der Waals surface area contributed by atoms with Crippen LogP contribution in [0.15, 0.2) is 48.9 Å².